The second kappa shape index (κ2) is 5.94. The third kappa shape index (κ3) is 2.42. The molecule has 5 nitrogen and oxygen atoms in total. The van der Waals surface area contributed by atoms with E-state index in [9.17, 15) is 4.79 Å². The zero-order valence-electron chi connectivity index (χ0n) is 15.0. The van der Waals surface area contributed by atoms with Gasteiger partial charge in [0.25, 0.3) is 5.91 Å². The maximum Gasteiger partial charge on any atom is 0.254 e. The summed E-state index contributed by atoms with van der Waals surface area (Å²) in [5, 5.41) is 1.22. The molecule has 0 saturated carbocycles. The summed E-state index contributed by atoms with van der Waals surface area (Å²) in [5.74, 6) is 0.923. The molecular weight excluding hydrogens is 324 g/mol. The van der Waals surface area contributed by atoms with Gasteiger partial charge in [-0.25, -0.2) is 9.97 Å². The van der Waals surface area contributed by atoms with Gasteiger partial charge in [-0.05, 0) is 49.4 Å². The van der Waals surface area contributed by atoms with E-state index in [1.807, 2.05) is 24.1 Å². The second-order valence-corrected chi connectivity index (χ2v) is 7.32. The first-order valence-corrected chi connectivity index (χ1v) is 9.49. The molecule has 0 unspecified atom stereocenters. The van der Waals surface area contributed by atoms with E-state index >= 15 is 0 Å². The van der Waals surface area contributed by atoms with E-state index in [2.05, 4.69) is 27.1 Å². The van der Waals surface area contributed by atoms with Crippen molar-refractivity contribution >= 4 is 16.8 Å². The molecule has 2 aromatic heterocycles. The zero-order valence-corrected chi connectivity index (χ0v) is 15.0. The normalized spacial score (nSPS) is 16.0. The fourth-order valence-electron chi connectivity index (χ4n) is 4.23. The van der Waals surface area contributed by atoms with Crippen LogP contribution in [0.2, 0.25) is 0 Å². The summed E-state index contributed by atoms with van der Waals surface area (Å²) in [4.78, 5) is 27.4. The van der Waals surface area contributed by atoms with Crippen LogP contribution in [0.15, 0.2) is 24.4 Å². The van der Waals surface area contributed by atoms with Crippen molar-refractivity contribution in [3.05, 3.63) is 58.3 Å². The Morgan fingerprint density at radius 3 is 3.00 bits per heavy atom. The minimum atomic E-state index is 0.0775. The Kier molecular flexibility index (Phi) is 3.55. The largest absolute Gasteiger partial charge is 0.358 e. The van der Waals surface area contributed by atoms with Crippen LogP contribution in [0.1, 0.15) is 58.5 Å². The van der Waals surface area contributed by atoms with Crippen LogP contribution in [0, 0.1) is 0 Å². The SMILES string of the molecule is CCc1ncc2c(n1)CN(C(=O)c1ccc3[nH]c4c(c3c1)CCCC4)C2. The van der Waals surface area contributed by atoms with Crippen molar-refractivity contribution in [1.29, 1.82) is 0 Å². The number of aryl methyl sites for hydroxylation is 3. The van der Waals surface area contributed by atoms with Crippen molar-refractivity contribution in [1.82, 2.24) is 19.9 Å². The first-order chi connectivity index (χ1) is 12.7. The number of aromatic amines is 1. The minimum Gasteiger partial charge on any atom is -0.358 e. The highest BCUT2D eigenvalue weighted by molar-refractivity contribution is 5.99. The Labute approximate surface area is 152 Å². The molecule has 1 aliphatic heterocycles. The Balaban J connectivity index is 1.45. The van der Waals surface area contributed by atoms with Crippen molar-refractivity contribution in [2.75, 3.05) is 0 Å². The predicted molar refractivity (Wildman–Crippen MR) is 99.9 cm³/mol. The van der Waals surface area contributed by atoms with Crippen LogP contribution in [-0.4, -0.2) is 25.8 Å². The molecule has 0 saturated heterocycles. The van der Waals surface area contributed by atoms with Crippen LogP contribution < -0.4 is 0 Å². The zero-order chi connectivity index (χ0) is 17.7. The average molecular weight is 346 g/mol. The van der Waals surface area contributed by atoms with E-state index in [1.165, 1.54) is 29.5 Å². The standard InChI is InChI=1S/C21H22N4O/c1-2-20-22-10-14-11-25(12-19(14)24-20)21(26)13-7-8-18-16(9-13)15-5-3-4-6-17(15)23-18/h7-10,23H,2-6,11-12H2,1H3. The van der Waals surface area contributed by atoms with Crippen molar-refractivity contribution in [2.45, 2.75) is 52.1 Å². The number of H-pyrrole nitrogens is 1. The van der Waals surface area contributed by atoms with E-state index in [0.717, 1.165) is 47.4 Å². The van der Waals surface area contributed by atoms with Gasteiger partial charge in [0.1, 0.15) is 5.82 Å². The molecule has 0 radical (unpaired) electrons. The highest BCUT2D eigenvalue weighted by Crippen LogP contribution is 2.30. The van der Waals surface area contributed by atoms with Crippen molar-refractivity contribution in [3.63, 3.8) is 0 Å². The lowest BCUT2D eigenvalue weighted by molar-refractivity contribution is 0.0750. The average Bonchev–Trinajstić information content (AvgIpc) is 3.27. The number of nitrogens with one attached hydrogen (secondary N) is 1. The van der Waals surface area contributed by atoms with Gasteiger partial charge in [-0.15, -0.1) is 0 Å². The molecule has 5 rings (SSSR count). The minimum absolute atomic E-state index is 0.0775. The molecule has 3 heterocycles. The number of amides is 1. The molecule has 0 fully saturated rings. The van der Waals surface area contributed by atoms with Gasteiger partial charge in [0, 0.05) is 46.9 Å². The molecule has 26 heavy (non-hydrogen) atoms. The molecule has 3 aromatic rings. The number of fused-ring (bicyclic) bond motifs is 4. The fraction of sp³-hybridized carbons (Fsp3) is 0.381. The van der Waals surface area contributed by atoms with Gasteiger partial charge in [-0.2, -0.15) is 0 Å². The quantitative estimate of drug-likeness (QED) is 0.772. The second-order valence-electron chi connectivity index (χ2n) is 7.32. The van der Waals surface area contributed by atoms with Crippen molar-refractivity contribution < 1.29 is 4.79 Å². The lowest BCUT2D eigenvalue weighted by atomic mass is 9.95. The smallest absolute Gasteiger partial charge is 0.254 e. The first kappa shape index (κ1) is 15.6. The monoisotopic (exact) mass is 346 g/mol. The van der Waals surface area contributed by atoms with Gasteiger partial charge in [0.05, 0.1) is 12.2 Å². The Morgan fingerprint density at radius 1 is 1.23 bits per heavy atom. The lowest BCUT2D eigenvalue weighted by Gasteiger charge is -2.15. The van der Waals surface area contributed by atoms with Gasteiger partial charge in [-0.1, -0.05) is 6.92 Å². The summed E-state index contributed by atoms with van der Waals surface area (Å²) < 4.78 is 0. The fourth-order valence-corrected chi connectivity index (χ4v) is 4.23. The van der Waals surface area contributed by atoms with Crippen molar-refractivity contribution in [2.24, 2.45) is 0 Å². The number of benzene rings is 1. The van der Waals surface area contributed by atoms with Crippen molar-refractivity contribution in [3.8, 4) is 0 Å². The van der Waals surface area contributed by atoms with Crippen LogP contribution in [0.5, 0.6) is 0 Å². The molecule has 0 bridgehead atoms. The summed E-state index contributed by atoms with van der Waals surface area (Å²) in [6, 6.07) is 6.07. The highest BCUT2D eigenvalue weighted by Gasteiger charge is 2.26. The summed E-state index contributed by atoms with van der Waals surface area (Å²) in [6.45, 7) is 3.22. The molecule has 0 atom stereocenters. The Morgan fingerprint density at radius 2 is 2.12 bits per heavy atom. The number of rotatable bonds is 2. The molecule has 5 heteroatoms. The molecule has 2 aliphatic rings. The molecular formula is C21H22N4O. The molecule has 1 aromatic carbocycles. The molecule has 0 spiro atoms. The maximum absolute atomic E-state index is 13.1. The highest BCUT2D eigenvalue weighted by atomic mass is 16.2. The Hall–Kier alpha value is -2.69. The number of aromatic nitrogens is 3. The van der Waals surface area contributed by atoms with Crippen LogP contribution in [0.4, 0.5) is 0 Å². The topological polar surface area (TPSA) is 61.9 Å². The summed E-state index contributed by atoms with van der Waals surface area (Å²) in [6.07, 6.45) is 7.40. The van der Waals surface area contributed by atoms with E-state index < -0.39 is 0 Å². The summed E-state index contributed by atoms with van der Waals surface area (Å²) in [7, 11) is 0. The molecule has 1 amide bonds. The van der Waals surface area contributed by atoms with Crippen LogP contribution in [0.25, 0.3) is 10.9 Å². The molecule has 1 aliphatic carbocycles. The van der Waals surface area contributed by atoms with Crippen LogP contribution in [-0.2, 0) is 32.4 Å². The third-order valence-corrected chi connectivity index (χ3v) is 5.65. The van der Waals surface area contributed by atoms with E-state index in [4.69, 9.17) is 0 Å². The number of hydrogen-bond donors (Lipinski definition) is 1. The molecule has 132 valence electrons. The molecule has 1 N–H and O–H groups in total. The predicted octanol–water partition coefficient (Wildman–Crippen LogP) is 3.56. The summed E-state index contributed by atoms with van der Waals surface area (Å²) in [5.41, 5.74) is 6.73. The number of carbonyl (C=O) groups is 1. The van der Waals surface area contributed by atoms with Crippen LogP contribution in [0.3, 0.4) is 0 Å². The number of nitrogens with zero attached hydrogens (tertiary/aromatic N) is 3. The van der Waals surface area contributed by atoms with Crippen LogP contribution >= 0.6 is 0 Å². The third-order valence-electron chi connectivity index (χ3n) is 5.65. The van der Waals surface area contributed by atoms with Gasteiger partial charge in [0.15, 0.2) is 0 Å². The van der Waals surface area contributed by atoms with Gasteiger partial charge >= 0.3 is 0 Å². The lowest BCUT2D eigenvalue weighted by Crippen LogP contribution is -2.25. The van der Waals surface area contributed by atoms with E-state index in [1.54, 1.807) is 0 Å². The number of hydrogen-bond acceptors (Lipinski definition) is 3. The van der Waals surface area contributed by atoms with E-state index in [0.29, 0.717) is 13.1 Å². The van der Waals surface area contributed by atoms with Gasteiger partial charge < -0.3 is 9.88 Å². The first-order valence-electron chi connectivity index (χ1n) is 9.49. The maximum atomic E-state index is 13.1. The van der Waals surface area contributed by atoms with Gasteiger partial charge in [-0.3, -0.25) is 4.79 Å². The van der Waals surface area contributed by atoms with Gasteiger partial charge in [0.2, 0.25) is 0 Å². The Bertz CT molecular complexity index is 1020. The number of carbonyl (C=O) groups excluding carboxylic acids is 1. The summed E-state index contributed by atoms with van der Waals surface area (Å²) >= 11 is 0. The van der Waals surface area contributed by atoms with E-state index in [-0.39, 0.29) is 5.91 Å².